The van der Waals surface area contributed by atoms with Crippen LogP contribution in [0.5, 0.6) is 5.75 Å². The van der Waals surface area contributed by atoms with Crippen molar-refractivity contribution in [2.75, 3.05) is 19.8 Å². The molecule has 106 valence electrons. The number of hydrogen-bond acceptors (Lipinski definition) is 3. The van der Waals surface area contributed by atoms with Gasteiger partial charge in [-0.15, -0.1) is 0 Å². The van der Waals surface area contributed by atoms with Gasteiger partial charge in [-0.1, -0.05) is 37.5 Å². The molecule has 1 unspecified atom stereocenters. The zero-order valence-electron chi connectivity index (χ0n) is 11.8. The van der Waals surface area contributed by atoms with Crippen LogP contribution < -0.4 is 10.5 Å². The number of nitrogens with two attached hydrogens (primary N) is 1. The molecule has 2 N–H and O–H groups in total. The first kappa shape index (κ1) is 14.4. The zero-order valence-corrected chi connectivity index (χ0v) is 11.8. The lowest BCUT2D eigenvalue weighted by Gasteiger charge is -2.25. The van der Waals surface area contributed by atoms with Gasteiger partial charge >= 0.3 is 0 Å². The molecule has 0 amide bonds. The Hall–Kier alpha value is -1.06. The van der Waals surface area contributed by atoms with Gasteiger partial charge in [-0.25, -0.2) is 0 Å². The van der Waals surface area contributed by atoms with Crippen LogP contribution in [0.4, 0.5) is 0 Å². The molecule has 1 aromatic carbocycles. The number of ether oxygens (including phenoxy) is 2. The summed E-state index contributed by atoms with van der Waals surface area (Å²) in [7, 11) is 0. The number of hydrogen-bond donors (Lipinski definition) is 1. The maximum atomic E-state index is 6.18. The van der Waals surface area contributed by atoms with E-state index in [1.54, 1.807) is 0 Å². The highest BCUT2D eigenvalue weighted by atomic mass is 16.5. The fourth-order valence-corrected chi connectivity index (χ4v) is 2.41. The summed E-state index contributed by atoms with van der Waals surface area (Å²) < 4.78 is 11.3. The first-order chi connectivity index (χ1) is 9.31. The molecule has 0 aliphatic heterocycles. The summed E-state index contributed by atoms with van der Waals surface area (Å²) in [6, 6.07) is 7.84. The summed E-state index contributed by atoms with van der Waals surface area (Å²) >= 11 is 0. The van der Waals surface area contributed by atoms with E-state index in [-0.39, 0.29) is 6.04 Å². The maximum absolute atomic E-state index is 6.18. The summed E-state index contributed by atoms with van der Waals surface area (Å²) in [4.78, 5) is 0. The average molecular weight is 263 g/mol. The molecular formula is C16H25NO2. The Morgan fingerprint density at radius 3 is 2.79 bits per heavy atom. The molecule has 1 aliphatic carbocycles. The van der Waals surface area contributed by atoms with Crippen molar-refractivity contribution < 1.29 is 9.47 Å². The van der Waals surface area contributed by atoms with Gasteiger partial charge in [0.15, 0.2) is 0 Å². The van der Waals surface area contributed by atoms with E-state index < -0.39 is 0 Å². The highest BCUT2D eigenvalue weighted by Gasteiger charge is 2.17. The highest BCUT2D eigenvalue weighted by Crippen LogP contribution is 2.29. The van der Waals surface area contributed by atoms with E-state index in [1.807, 2.05) is 31.2 Å². The predicted octanol–water partition coefficient (Wildman–Crippen LogP) is 3.29. The van der Waals surface area contributed by atoms with Crippen molar-refractivity contribution in [1.29, 1.82) is 0 Å². The van der Waals surface area contributed by atoms with Crippen LogP contribution in [0.2, 0.25) is 0 Å². The van der Waals surface area contributed by atoms with Crippen LogP contribution in [-0.2, 0) is 4.74 Å². The topological polar surface area (TPSA) is 44.5 Å². The van der Waals surface area contributed by atoms with Crippen molar-refractivity contribution in [3.8, 4) is 5.75 Å². The van der Waals surface area contributed by atoms with Crippen molar-refractivity contribution in [2.24, 2.45) is 11.7 Å². The van der Waals surface area contributed by atoms with E-state index >= 15 is 0 Å². The molecule has 0 bridgehead atoms. The Kier molecular flexibility index (Phi) is 5.67. The molecule has 19 heavy (non-hydrogen) atoms. The molecule has 1 saturated carbocycles. The molecule has 1 aliphatic rings. The molecule has 3 nitrogen and oxygen atoms in total. The van der Waals surface area contributed by atoms with Gasteiger partial charge in [0.05, 0.1) is 19.3 Å². The normalized spacial score (nSPS) is 16.9. The fraction of sp³-hybridized carbons (Fsp3) is 0.625. The molecule has 0 aromatic heterocycles. The SMILES string of the molecule is CCOc1ccccc1C(N)COCCC1CCC1. The largest absolute Gasteiger partial charge is 0.494 e. The lowest BCUT2D eigenvalue weighted by molar-refractivity contribution is 0.0956. The third-order valence-corrected chi connectivity index (χ3v) is 3.81. The van der Waals surface area contributed by atoms with E-state index in [0.717, 1.165) is 23.8 Å². The Morgan fingerprint density at radius 1 is 1.32 bits per heavy atom. The van der Waals surface area contributed by atoms with Gasteiger partial charge in [-0.3, -0.25) is 0 Å². The van der Waals surface area contributed by atoms with Crippen molar-refractivity contribution in [1.82, 2.24) is 0 Å². The van der Waals surface area contributed by atoms with Crippen LogP contribution in [0.15, 0.2) is 24.3 Å². The molecule has 3 heteroatoms. The second-order valence-corrected chi connectivity index (χ2v) is 5.24. The summed E-state index contributed by atoms with van der Waals surface area (Å²) in [5.41, 5.74) is 7.22. The molecule has 1 fully saturated rings. The molecular weight excluding hydrogens is 238 g/mol. The minimum Gasteiger partial charge on any atom is -0.494 e. The van der Waals surface area contributed by atoms with E-state index in [4.69, 9.17) is 15.2 Å². The van der Waals surface area contributed by atoms with Crippen molar-refractivity contribution in [2.45, 2.75) is 38.6 Å². The zero-order chi connectivity index (χ0) is 13.5. The van der Waals surface area contributed by atoms with Crippen LogP contribution in [0.1, 0.15) is 44.2 Å². The van der Waals surface area contributed by atoms with Gasteiger partial charge in [0.25, 0.3) is 0 Å². The molecule has 0 saturated heterocycles. The van der Waals surface area contributed by atoms with E-state index in [9.17, 15) is 0 Å². The Labute approximate surface area is 116 Å². The quantitative estimate of drug-likeness (QED) is 0.732. The Bertz CT molecular complexity index is 377. The minimum absolute atomic E-state index is 0.107. The fourth-order valence-electron chi connectivity index (χ4n) is 2.41. The van der Waals surface area contributed by atoms with Crippen molar-refractivity contribution >= 4 is 0 Å². The maximum Gasteiger partial charge on any atom is 0.124 e. The van der Waals surface area contributed by atoms with Gasteiger partial charge < -0.3 is 15.2 Å². The third kappa shape index (κ3) is 4.22. The summed E-state index contributed by atoms with van der Waals surface area (Å²) in [6.07, 6.45) is 5.33. The predicted molar refractivity (Wildman–Crippen MR) is 77.3 cm³/mol. The van der Waals surface area contributed by atoms with Crippen LogP contribution in [0, 0.1) is 5.92 Å². The van der Waals surface area contributed by atoms with Gasteiger partial charge in [-0.2, -0.15) is 0 Å². The smallest absolute Gasteiger partial charge is 0.124 e. The van der Waals surface area contributed by atoms with Gasteiger partial charge in [0.2, 0.25) is 0 Å². The average Bonchev–Trinajstić information content (AvgIpc) is 2.37. The summed E-state index contributed by atoms with van der Waals surface area (Å²) in [5, 5.41) is 0. The van der Waals surface area contributed by atoms with Gasteiger partial charge in [0.1, 0.15) is 5.75 Å². The molecule has 1 aromatic rings. The standard InChI is InChI=1S/C16H25NO2/c1-2-19-16-9-4-3-8-14(16)15(17)12-18-11-10-13-6-5-7-13/h3-4,8-9,13,15H,2,5-7,10-12,17H2,1H3. The van der Waals surface area contributed by atoms with E-state index in [2.05, 4.69) is 0 Å². The molecule has 1 atom stereocenters. The van der Waals surface area contributed by atoms with Crippen molar-refractivity contribution in [3.63, 3.8) is 0 Å². The Morgan fingerprint density at radius 2 is 2.11 bits per heavy atom. The molecule has 0 radical (unpaired) electrons. The van der Waals surface area contributed by atoms with Crippen LogP contribution in [0.25, 0.3) is 0 Å². The summed E-state index contributed by atoms with van der Waals surface area (Å²) in [6.45, 7) is 4.04. The third-order valence-electron chi connectivity index (χ3n) is 3.81. The highest BCUT2D eigenvalue weighted by molar-refractivity contribution is 5.35. The number of benzene rings is 1. The van der Waals surface area contributed by atoms with Crippen LogP contribution in [0.3, 0.4) is 0 Å². The molecule has 2 rings (SSSR count). The second kappa shape index (κ2) is 7.51. The number of para-hydroxylation sites is 1. The minimum atomic E-state index is -0.107. The first-order valence-electron chi connectivity index (χ1n) is 7.36. The Balaban J connectivity index is 1.76. The summed E-state index contributed by atoms with van der Waals surface area (Å²) in [5.74, 6) is 1.77. The van der Waals surface area contributed by atoms with Crippen LogP contribution >= 0.6 is 0 Å². The lowest BCUT2D eigenvalue weighted by atomic mass is 9.83. The van der Waals surface area contributed by atoms with Gasteiger partial charge in [0, 0.05) is 12.2 Å². The van der Waals surface area contributed by atoms with Gasteiger partial charge in [-0.05, 0) is 25.3 Å². The van der Waals surface area contributed by atoms with Crippen molar-refractivity contribution in [3.05, 3.63) is 29.8 Å². The van der Waals surface area contributed by atoms with E-state index in [1.165, 1.54) is 25.7 Å². The van der Waals surface area contributed by atoms with E-state index in [0.29, 0.717) is 13.2 Å². The molecule has 0 heterocycles. The lowest BCUT2D eigenvalue weighted by Crippen LogP contribution is -2.20. The first-order valence-corrected chi connectivity index (χ1v) is 7.36. The second-order valence-electron chi connectivity index (χ2n) is 5.24. The molecule has 0 spiro atoms. The monoisotopic (exact) mass is 263 g/mol. The number of rotatable bonds is 8. The van der Waals surface area contributed by atoms with Crippen LogP contribution in [-0.4, -0.2) is 19.8 Å².